The zero-order chi connectivity index (χ0) is 19.6. The minimum absolute atomic E-state index is 0.0195. The third kappa shape index (κ3) is 4.29. The molecule has 0 radical (unpaired) electrons. The van der Waals surface area contributed by atoms with Crippen molar-refractivity contribution in [1.29, 1.82) is 0 Å². The fraction of sp³-hybridized carbons (Fsp3) is 0.524. The van der Waals surface area contributed by atoms with Gasteiger partial charge in [0.05, 0.1) is 13.2 Å². The molecule has 0 unspecified atom stereocenters. The number of benzene rings is 1. The summed E-state index contributed by atoms with van der Waals surface area (Å²) in [4.78, 5) is 22.8. The lowest BCUT2D eigenvalue weighted by Crippen LogP contribution is -2.57. The fourth-order valence-electron chi connectivity index (χ4n) is 4.39. The van der Waals surface area contributed by atoms with Crippen LogP contribution in [-0.2, 0) is 4.74 Å². The number of oxazole rings is 1. The Kier molecular flexibility index (Phi) is 5.48. The molecule has 5 heterocycles. The van der Waals surface area contributed by atoms with Gasteiger partial charge in [0.15, 0.2) is 5.82 Å². The lowest BCUT2D eigenvalue weighted by Gasteiger charge is -2.44. The molecule has 1 aromatic heterocycles. The van der Waals surface area contributed by atoms with E-state index in [0.717, 1.165) is 43.6 Å². The zero-order valence-corrected chi connectivity index (χ0v) is 17.2. The minimum atomic E-state index is 0.0195. The molecule has 6 rings (SSSR count). The van der Waals surface area contributed by atoms with Gasteiger partial charge in [0.25, 0.3) is 11.1 Å². The molecule has 2 bridgehead atoms. The molecule has 0 aliphatic carbocycles. The summed E-state index contributed by atoms with van der Waals surface area (Å²) in [5.74, 6) is 1.50. The molecule has 154 valence electrons. The summed E-state index contributed by atoms with van der Waals surface area (Å²) in [5.41, 5.74) is 0.701. The Morgan fingerprint density at radius 2 is 1.86 bits per heavy atom. The van der Waals surface area contributed by atoms with Gasteiger partial charge in [-0.15, -0.1) is 0 Å². The number of hydrogen-bond acceptors (Lipinski definition) is 7. The Labute approximate surface area is 174 Å². The summed E-state index contributed by atoms with van der Waals surface area (Å²) < 4.78 is 11.0. The van der Waals surface area contributed by atoms with E-state index in [9.17, 15) is 4.79 Å². The highest BCUT2D eigenvalue weighted by atomic mass is 32.2. The van der Waals surface area contributed by atoms with Crippen molar-refractivity contribution in [3.63, 3.8) is 0 Å². The average molecular weight is 415 g/mol. The summed E-state index contributed by atoms with van der Waals surface area (Å²) in [5, 5.41) is 3.85. The maximum absolute atomic E-state index is 12.7. The molecule has 8 heteroatoms. The number of fused-ring (bicyclic) bond motifs is 3. The van der Waals surface area contributed by atoms with E-state index < -0.39 is 0 Å². The van der Waals surface area contributed by atoms with Crippen molar-refractivity contribution in [2.45, 2.75) is 29.0 Å². The molecule has 1 atom stereocenters. The summed E-state index contributed by atoms with van der Waals surface area (Å²) in [6, 6.07) is 7.95. The highest BCUT2D eigenvalue weighted by Gasteiger charge is 2.34. The number of piperidine rings is 3. The second-order valence-corrected chi connectivity index (χ2v) is 8.94. The largest absolute Gasteiger partial charge is 0.437 e. The van der Waals surface area contributed by atoms with E-state index in [1.165, 1.54) is 37.7 Å². The minimum Gasteiger partial charge on any atom is -0.437 e. The van der Waals surface area contributed by atoms with Gasteiger partial charge in [0, 0.05) is 36.1 Å². The summed E-state index contributed by atoms with van der Waals surface area (Å²) in [7, 11) is 0. The number of nitrogens with one attached hydrogen (secondary N) is 1. The van der Waals surface area contributed by atoms with Crippen LogP contribution in [0.25, 0.3) is 0 Å². The summed E-state index contributed by atoms with van der Waals surface area (Å²) >= 11 is 1.46. The number of carbonyl (C=O) groups is 1. The molecule has 4 aliphatic rings. The van der Waals surface area contributed by atoms with Crippen LogP contribution >= 0.6 is 11.8 Å². The van der Waals surface area contributed by atoms with Crippen LogP contribution in [0.5, 0.6) is 0 Å². The van der Waals surface area contributed by atoms with E-state index in [4.69, 9.17) is 9.15 Å². The molecular weight excluding hydrogens is 388 g/mol. The van der Waals surface area contributed by atoms with Crippen molar-refractivity contribution in [3.8, 4) is 0 Å². The van der Waals surface area contributed by atoms with E-state index in [1.54, 1.807) is 6.26 Å². The van der Waals surface area contributed by atoms with Gasteiger partial charge in [-0.25, -0.2) is 0 Å². The fourth-order valence-corrected chi connectivity index (χ4v) is 5.10. The highest BCUT2D eigenvalue weighted by Crippen LogP contribution is 2.30. The molecule has 4 fully saturated rings. The number of ether oxygens (including phenoxy) is 1. The third-order valence-corrected chi connectivity index (χ3v) is 6.97. The Balaban J connectivity index is 1.18. The number of morpholine rings is 1. The average Bonchev–Trinajstić information content (AvgIpc) is 3.24. The molecule has 1 amide bonds. The van der Waals surface area contributed by atoms with Crippen molar-refractivity contribution in [2.75, 3.05) is 50.8 Å². The number of carbonyl (C=O) groups excluding carboxylic acids is 1. The molecule has 1 N–H and O–H groups in total. The second kappa shape index (κ2) is 8.38. The second-order valence-electron chi connectivity index (χ2n) is 7.92. The number of rotatable bonds is 5. The van der Waals surface area contributed by atoms with Gasteiger partial charge in [0.1, 0.15) is 6.26 Å². The molecule has 4 saturated heterocycles. The number of aromatic nitrogens is 1. The lowest BCUT2D eigenvalue weighted by molar-refractivity contribution is 0.0620. The SMILES string of the molecule is O=C(N[C@H]1CN2CCC1CC2)c1ccc(Sc2nc(N3CCOCC3)co2)cc1. The molecule has 1 aromatic carbocycles. The maximum atomic E-state index is 12.7. The first-order chi connectivity index (χ1) is 14.2. The van der Waals surface area contributed by atoms with Gasteiger partial charge in [0.2, 0.25) is 0 Å². The van der Waals surface area contributed by atoms with Gasteiger partial charge in [-0.1, -0.05) is 0 Å². The Hall–Kier alpha value is -2.03. The number of nitrogens with zero attached hydrogens (tertiary/aromatic N) is 3. The smallest absolute Gasteiger partial charge is 0.262 e. The normalized spacial score (nSPS) is 26.5. The molecule has 0 saturated carbocycles. The monoisotopic (exact) mass is 414 g/mol. The van der Waals surface area contributed by atoms with Crippen molar-refractivity contribution < 1.29 is 13.9 Å². The molecule has 0 spiro atoms. The molecule has 7 nitrogen and oxygen atoms in total. The summed E-state index contributed by atoms with van der Waals surface area (Å²) in [6.07, 6.45) is 4.09. The quantitative estimate of drug-likeness (QED) is 0.806. The predicted molar refractivity (Wildman–Crippen MR) is 111 cm³/mol. The van der Waals surface area contributed by atoms with Crippen molar-refractivity contribution in [3.05, 3.63) is 36.1 Å². The number of hydrogen-bond donors (Lipinski definition) is 1. The number of amides is 1. The zero-order valence-electron chi connectivity index (χ0n) is 16.4. The van der Waals surface area contributed by atoms with Crippen LogP contribution in [0, 0.1) is 5.92 Å². The van der Waals surface area contributed by atoms with Crippen molar-refractivity contribution in [1.82, 2.24) is 15.2 Å². The predicted octanol–water partition coefficient (Wildman–Crippen LogP) is 2.49. The van der Waals surface area contributed by atoms with Gasteiger partial charge in [-0.3, -0.25) is 4.79 Å². The van der Waals surface area contributed by atoms with Gasteiger partial charge >= 0.3 is 0 Å². The molecule has 2 aromatic rings. The molecule has 4 aliphatic heterocycles. The van der Waals surface area contributed by atoms with Crippen LogP contribution < -0.4 is 10.2 Å². The highest BCUT2D eigenvalue weighted by molar-refractivity contribution is 7.99. The molecular formula is C21H26N4O3S. The molecule has 29 heavy (non-hydrogen) atoms. The van der Waals surface area contributed by atoms with E-state index in [1.807, 2.05) is 24.3 Å². The standard InChI is InChI=1S/C21H26N4O3S/c26-20(22-18-13-24-7-5-15(18)6-8-24)16-1-3-17(4-2-16)29-21-23-19(14-28-21)25-9-11-27-12-10-25/h1-4,14-15,18H,5-13H2,(H,22,26)/t18-/m0/s1. The Morgan fingerprint density at radius 3 is 2.55 bits per heavy atom. The maximum Gasteiger partial charge on any atom is 0.262 e. The van der Waals surface area contributed by atoms with E-state index in [0.29, 0.717) is 16.7 Å². The van der Waals surface area contributed by atoms with Gasteiger partial charge in [-0.2, -0.15) is 4.98 Å². The van der Waals surface area contributed by atoms with Gasteiger partial charge in [-0.05, 0) is 67.9 Å². The van der Waals surface area contributed by atoms with Crippen LogP contribution in [0.2, 0.25) is 0 Å². The van der Waals surface area contributed by atoms with E-state index in [2.05, 4.69) is 20.1 Å². The van der Waals surface area contributed by atoms with Crippen LogP contribution in [0.4, 0.5) is 5.82 Å². The third-order valence-electron chi connectivity index (χ3n) is 6.10. The van der Waals surface area contributed by atoms with Crippen molar-refractivity contribution >= 4 is 23.5 Å². The van der Waals surface area contributed by atoms with Crippen LogP contribution in [0.3, 0.4) is 0 Å². The first kappa shape index (κ1) is 19.0. The lowest BCUT2D eigenvalue weighted by atomic mass is 9.84. The first-order valence-corrected chi connectivity index (χ1v) is 11.2. The first-order valence-electron chi connectivity index (χ1n) is 10.3. The van der Waals surface area contributed by atoms with Crippen LogP contribution in [0.1, 0.15) is 23.2 Å². The Morgan fingerprint density at radius 1 is 1.10 bits per heavy atom. The van der Waals surface area contributed by atoms with E-state index in [-0.39, 0.29) is 11.9 Å². The van der Waals surface area contributed by atoms with Gasteiger partial charge < -0.3 is 24.3 Å². The summed E-state index contributed by atoms with van der Waals surface area (Å²) in [6.45, 7) is 6.45. The van der Waals surface area contributed by atoms with Crippen LogP contribution in [0.15, 0.2) is 45.1 Å². The topological polar surface area (TPSA) is 70.8 Å². The van der Waals surface area contributed by atoms with Crippen molar-refractivity contribution in [2.24, 2.45) is 5.92 Å². The number of anilines is 1. The van der Waals surface area contributed by atoms with Crippen LogP contribution in [-0.4, -0.2) is 67.8 Å². The Bertz CT molecular complexity index is 842. The van der Waals surface area contributed by atoms with E-state index >= 15 is 0 Å².